The van der Waals surface area contributed by atoms with Crippen LogP contribution in [-0.4, -0.2) is 33.8 Å². The number of ether oxygens (including phenoxy) is 1. The Morgan fingerprint density at radius 1 is 1.38 bits per heavy atom. The average molecular weight is 343 g/mol. The third kappa shape index (κ3) is 2.90. The molecule has 0 bridgehead atoms. The van der Waals surface area contributed by atoms with Gasteiger partial charge in [-0.2, -0.15) is 4.98 Å². The lowest BCUT2D eigenvalue weighted by Gasteiger charge is -2.24. The summed E-state index contributed by atoms with van der Waals surface area (Å²) in [4.78, 5) is 15.7. The summed E-state index contributed by atoms with van der Waals surface area (Å²) in [5, 5.41) is 7.05. The summed E-state index contributed by atoms with van der Waals surface area (Å²) < 4.78 is 10.2. The molecule has 24 heavy (non-hydrogen) atoms. The maximum absolute atomic E-state index is 5.25. The summed E-state index contributed by atoms with van der Waals surface area (Å²) in [6, 6.07) is 4.28. The minimum atomic E-state index is 0.320. The first-order chi connectivity index (χ1) is 11.8. The smallest absolute Gasteiger partial charge is 0.259 e. The second kappa shape index (κ2) is 6.66. The number of anilines is 1. The van der Waals surface area contributed by atoms with Crippen LogP contribution in [0.2, 0.25) is 0 Å². The Hall–Kier alpha value is -2.32. The zero-order valence-electron chi connectivity index (χ0n) is 13.3. The monoisotopic (exact) mass is 343 g/mol. The van der Waals surface area contributed by atoms with E-state index in [4.69, 9.17) is 9.26 Å². The van der Waals surface area contributed by atoms with Crippen molar-refractivity contribution >= 4 is 17.2 Å². The maximum atomic E-state index is 5.25. The van der Waals surface area contributed by atoms with Crippen molar-refractivity contribution in [1.82, 2.24) is 20.1 Å². The topological polar surface area (TPSA) is 77.2 Å². The molecule has 0 saturated carbocycles. The highest BCUT2D eigenvalue weighted by Gasteiger charge is 2.28. The molecule has 0 aliphatic carbocycles. The maximum Gasteiger partial charge on any atom is 0.259 e. The van der Waals surface area contributed by atoms with Crippen LogP contribution in [0, 0.1) is 0 Å². The van der Waals surface area contributed by atoms with E-state index in [1.807, 2.05) is 23.7 Å². The number of hydrogen-bond donors (Lipinski definition) is 0. The van der Waals surface area contributed by atoms with Gasteiger partial charge in [0.05, 0.1) is 11.6 Å². The summed E-state index contributed by atoms with van der Waals surface area (Å²) in [7, 11) is 1.60. The Bertz CT molecular complexity index is 787. The van der Waals surface area contributed by atoms with Crippen LogP contribution in [0.15, 0.2) is 34.4 Å². The van der Waals surface area contributed by atoms with Crippen molar-refractivity contribution in [2.24, 2.45) is 0 Å². The number of hydrogen-bond acceptors (Lipinski definition) is 8. The molecule has 4 rings (SSSR count). The van der Waals surface area contributed by atoms with Gasteiger partial charge in [-0.1, -0.05) is 5.16 Å². The zero-order chi connectivity index (χ0) is 16.4. The molecule has 1 fully saturated rings. The van der Waals surface area contributed by atoms with Gasteiger partial charge in [0.15, 0.2) is 5.82 Å². The quantitative estimate of drug-likeness (QED) is 0.704. The van der Waals surface area contributed by atoms with E-state index < -0.39 is 0 Å². The van der Waals surface area contributed by atoms with Gasteiger partial charge in [-0.05, 0) is 25.0 Å². The molecule has 0 N–H and O–H groups in total. The second-order valence-electron chi connectivity index (χ2n) is 5.58. The van der Waals surface area contributed by atoms with Gasteiger partial charge in [-0.3, -0.25) is 0 Å². The molecule has 0 unspecified atom stereocenters. The van der Waals surface area contributed by atoms with Crippen molar-refractivity contribution in [3.63, 3.8) is 0 Å². The van der Waals surface area contributed by atoms with Crippen LogP contribution in [0.5, 0.6) is 0 Å². The second-order valence-corrected chi connectivity index (χ2v) is 6.50. The molecule has 0 radical (unpaired) electrons. The van der Waals surface area contributed by atoms with E-state index in [-0.39, 0.29) is 0 Å². The largest absolute Gasteiger partial charge is 0.377 e. The van der Waals surface area contributed by atoms with Crippen molar-refractivity contribution < 1.29 is 9.26 Å². The lowest BCUT2D eigenvalue weighted by atomic mass is 10.2. The average Bonchev–Trinajstić information content (AvgIpc) is 3.36. The summed E-state index contributed by atoms with van der Waals surface area (Å²) in [6.07, 6.45) is 5.90. The lowest BCUT2D eigenvalue weighted by Crippen LogP contribution is -2.23. The molecule has 124 valence electrons. The number of rotatable bonds is 5. The highest BCUT2D eigenvalue weighted by Crippen LogP contribution is 2.36. The van der Waals surface area contributed by atoms with E-state index in [9.17, 15) is 0 Å². The van der Waals surface area contributed by atoms with Crippen LogP contribution < -0.4 is 4.90 Å². The Morgan fingerprint density at radius 3 is 3.08 bits per heavy atom. The van der Waals surface area contributed by atoms with Crippen LogP contribution in [0.25, 0.3) is 11.5 Å². The highest BCUT2D eigenvalue weighted by atomic mass is 32.1. The van der Waals surface area contributed by atoms with Crippen LogP contribution in [-0.2, 0) is 11.3 Å². The Balaban J connectivity index is 1.54. The zero-order valence-corrected chi connectivity index (χ0v) is 14.1. The number of nitrogens with zero attached hydrogens (tertiary/aromatic N) is 5. The van der Waals surface area contributed by atoms with E-state index in [2.05, 4.69) is 25.0 Å². The van der Waals surface area contributed by atoms with E-state index in [1.165, 1.54) is 0 Å². The van der Waals surface area contributed by atoms with Crippen LogP contribution in [0.1, 0.15) is 29.7 Å². The predicted molar refractivity (Wildman–Crippen MR) is 89.7 cm³/mol. The third-order valence-corrected chi connectivity index (χ3v) is 4.90. The van der Waals surface area contributed by atoms with Crippen molar-refractivity contribution in [3.8, 4) is 11.5 Å². The van der Waals surface area contributed by atoms with E-state index >= 15 is 0 Å². The molecular formula is C16H17N5O2S. The van der Waals surface area contributed by atoms with Crippen molar-refractivity contribution in [3.05, 3.63) is 40.7 Å². The molecule has 4 heterocycles. The number of aromatic nitrogens is 4. The Labute approximate surface area is 143 Å². The minimum absolute atomic E-state index is 0.320. The lowest BCUT2D eigenvalue weighted by molar-refractivity contribution is 0.174. The Kier molecular flexibility index (Phi) is 4.22. The standard InChI is InChI=1S/C16H17N5O2S/c1-22-10-13-19-15(23-20-13)11-4-5-14(18-9-11)21-7-2-3-12(21)16-17-6-8-24-16/h4-6,8-9,12H,2-3,7,10H2,1H3/t12-/m1/s1. The van der Waals surface area contributed by atoms with E-state index in [1.54, 1.807) is 24.6 Å². The molecule has 8 heteroatoms. The molecule has 0 amide bonds. The van der Waals surface area contributed by atoms with Crippen LogP contribution in [0.4, 0.5) is 5.82 Å². The summed E-state index contributed by atoms with van der Waals surface area (Å²) in [6.45, 7) is 1.33. The SMILES string of the molecule is COCc1noc(-c2ccc(N3CCC[C@@H]3c3nccs3)nc2)n1. The Morgan fingerprint density at radius 2 is 2.33 bits per heavy atom. The summed E-state index contributed by atoms with van der Waals surface area (Å²) in [5.74, 6) is 1.94. The van der Waals surface area contributed by atoms with Crippen LogP contribution >= 0.6 is 11.3 Å². The van der Waals surface area contributed by atoms with Crippen molar-refractivity contribution in [1.29, 1.82) is 0 Å². The van der Waals surface area contributed by atoms with E-state index in [0.717, 1.165) is 35.8 Å². The van der Waals surface area contributed by atoms with Gasteiger partial charge < -0.3 is 14.2 Å². The minimum Gasteiger partial charge on any atom is -0.377 e. The molecular weight excluding hydrogens is 326 g/mol. The number of pyridine rings is 1. The van der Waals surface area contributed by atoms with Crippen molar-refractivity contribution in [2.75, 3.05) is 18.6 Å². The van der Waals surface area contributed by atoms with Gasteiger partial charge in [0.2, 0.25) is 0 Å². The molecule has 1 atom stereocenters. The first-order valence-electron chi connectivity index (χ1n) is 7.79. The molecule has 7 nitrogen and oxygen atoms in total. The first-order valence-corrected chi connectivity index (χ1v) is 8.67. The van der Waals surface area contributed by atoms with Gasteiger partial charge in [-0.15, -0.1) is 11.3 Å². The fourth-order valence-electron chi connectivity index (χ4n) is 2.94. The summed E-state index contributed by atoms with van der Waals surface area (Å²) in [5.41, 5.74) is 0.804. The van der Waals surface area contributed by atoms with Gasteiger partial charge in [0, 0.05) is 31.4 Å². The first kappa shape index (κ1) is 15.2. The molecule has 1 saturated heterocycles. The predicted octanol–water partition coefficient (Wildman–Crippen LogP) is 3.08. The molecule has 3 aromatic heterocycles. The molecule has 1 aliphatic rings. The van der Waals surface area contributed by atoms with Crippen molar-refractivity contribution in [2.45, 2.75) is 25.5 Å². The van der Waals surface area contributed by atoms with Crippen LogP contribution in [0.3, 0.4) is 0 Å². The number of thiazole rings is 1. The highest BCUT2D eigenvalue weighted by molar-refractivity contribution is 7.09. The van der Waals surface area contributed by atoms with E-state index in [0.29, 0.717) is 24.4 Å². The normalized spacial score (nSPS) is 17.5. The fourth-order valence-corrected chi connectivity index (χ4v) is 3.72. The van der Waals surface area contributed by atoms with Gasteiger partial charge >= 0.3 is 0 Å². The molecule has 1 aliphatic heterocycles. The summed E-state index contributed by atoms with van der Waals surface area (Å²) >= 11 is 1.70. The fraction of sp³-hybridized carbons (Fsp3) is 0.375. The third-order valence-electron chi connectivity index (χ3n) is 4.02. The van der Waals surface area contributed by atoms with Gasteiger partial charge in [0.1, 0.15) is 17.4 Å². The number of methoxy groups -OCH3 is 1. The molecule has 0 spiro atoms. The molecule has 0 aromatic carbocycles. The van der Waals surface area contributed by atoms with Gasteiger partial charge in [-0.25, -0.2) is 9.97 Å². The van der Waals surface area contributed by atoms with Gasteiger partial charge in [0.25, 0.3) is 5.89 Å². The molecule has 3 aromatic rings.